The van der Waals surface area contributed by atoms with Gasteiger partial charge in [-0.05, 0) is 0 Å². The van der Waals surface area contributed by atoms with Crippen LogP contribution in [0.1, 0.15) is 8.56 Å². The van der Waals surface area contributed by atoms with Crippen LogP contribution < -0.4 is 0 Å². The standard InChI is InChI=1S/3Ca.15H2O.6H/h;;;15*1H2;;;;;;/q3*+2;;;;;;;;;;;;;;;;6*-1. The van der Waals surface area contributed by atoms with Crippen LogP contribution in [0, 0.1) is 0 Å². The van der Waals surface area contributed by atoms with Gasteiger partial charge in [0.1, 0.15) is 0 Å². The Labute approximate surface area is 201 Å². The zero-order valence-electron chi connectivity index (χ0n) is 15.6. The zero-order valence-corrected chi connectivity index (χ0v) is 16.2. The van der Waals surface area contributed by atoms with Gasteiger partial charge in [0.25, 0.3) is 0 Å². The molecule has 0 aliphatic carbocycles. The predicted octanol–water partition coefficient (Wildman–Crippen LogP) is -12.8. The van der Waals surface area contributed by atoms with Gasteiger partial charge in [-0.15, -0.1) is 0 Å². The second-order valence-electron chi connectivity index (χ2n) is 0. The van der Waals surface area contributed by atoms with E-state index >= 15 is 0 Å². The maximum atomic E-state index is 0. The van der Waals surface area contributed by atoms with Crippen LogP contribution in [0.2, 0.25) is 0 Å². The summed E-state index contributed by atoms with van der Waals surface area (Å²) >= 11 is 0. The minimum absolute atomic E-state index is 0. The van der Waals surface area contributed by atoms with Gasteiger partial charge in [-0.1, -0.05) is 0 Å². The van der Waals surface area contributed by atoms with Crippen LogP contribution in [0.3, 0.4) is 0 Å². The predicted molar refractivity (Wildman–Crippen MR) is 78.1 cm³/mol. The van der Waals surface area contributed by atoms with Gasteiger partial charge in [0.15, 0.2) is 0 Å². The van der Waals surface area contributed by atoms with Gasteiger partial charge >= 0.3 is 113 Å². The van der Waals surface area contributed by atoms with Crippen molar-refractivity contribution >= 4 is 113 Å². The van der Waals surface area contributed by atoms with Crippen molar-refractivity contribution in [3.8, 4) is 0 Å². The summed E-state index contributed by atoms with van der Waals surface area (Å²) in [6.07, 6.45) is 0. The van der Waals surface area contributed by atoms with Crippen LogP contribution in [0.4, 0.5) is 0 Å². The Balaban J connectivity index is 0. The number of hydrogen-bond donors (Lipinski definition) is 0. The molecule has 132 valence electrons. The Bertz CT molecular complexity index is 31.2. The first-order chi connectivity index (χ1) is 0. The van der Waals surface area contributed by atoms with Gasteiger partial charge < -0.3 is 90.7 Å². The van der Waals surface area contributed by atoms with Gasteiger partial charge in [-0.2, -0.15) is 0 Å². The summed E-state index contributed by atoms with van der Waals surface area (Å²) in [6.45, 7) is 0. The molecule has 18 heavy (non-hydrogen) atoms. The molecule has 30 N–H and O–H groups in total. The SMILES string of the molecule is O.O.O.O.O.O.O.O.O.O.O.O.O.O.O.[Ca+2].[Ca+2].[Ca+2].[H-].[H-].[H-].[H-].[H-].[H-]. The Morgan fingerprint density at radius 2 is 0.167 bits per heavy atom. The van der Waals surface area contributed by atoms with Crippen molar-refractivity contribution in [2.45, 2.75) is 0 Å². The summed E-state index contributed by atoms with van der Waals surface area (Å²) in [6, 6.07) is 0. The quantitative estimate of drug-likeness (QED) is 0.344. The average molecular weight is 397 g/mol. The van der Waals surface area contributed by atoms with Crippen molar-refractivity contribution in [2.24, 2.45) is 0 Å². The largest absolute Gasteiger partial charge is 2.00 e. The molecule has 0 aliphatic heterocycles. The fourth-order valence-electron chi connectivity index (χ4n) is 0. The first-order valence-electron chi connectivity index (χ1n) is 0. The third-order valence-corrected chi connectivity index (χ3v) is 0. The molecule has 0 aliphatic rings. The smallest absolute Gasteiger partial charge is 1.00 e. The van der Waals surface area contributed by atoms with Crippen molar-refractivity contribution in [1.82, 2.24) is 0 Å². The Morgan fingerprint density at radius 1 is 0.167 bits per heavy atom. The first kappa shape index (κ1) is 853. The van der Waals surface area contributed by atoms with E-state index in [1.54, 1.807) is 0 Å². The second-order valence-corrected chi connectivity index (χ2v) is 0. The van der Waals surface area contributed by atoms with Gasteiger partial charge in [0, 0.05) is 0 Å². The summed E-state index contributed by atoms with van der Waals surface area (Å²) < 4.78 is 0. The molecule has 15 nitrogen and oxygen atoms in total. The fraction of sp³-hybridized carbons (Fsp3) is 0. The van der Waals surface area contributed by atoms with Crippen LogP contribution in [-0.2, 0) is 0 Å². The van der Waals surface area contributed by atoms with Crippen molar-refractivity contribution in [2.75, 3.05) is 0 Å². The molecular weight excluding hydrogens is 360 g/mol. The van der Waals surface area contributed by atoms with Crippen LogP contribution in [0.25, 0.3) is 0 Å². The number of hydrogen-bond acceptors (Lipinski definition) is 0. The Kier molecular flexibility index (Phi) is 34800. The molecule has 0 fully saturated rings. The van der Waals surface area contributed by atoms with E-state index in [1.807, 2.05) is 0 Å². The molecule has 0 amide bonds. The maximum absolute atomic E-state index is 0. The van der Waals surface area contributed by atoms with Crippen molar-refractivity contribution in [3.63, 3.8) is 0 Å². The van der Waals surface area contributed by atoms with Crippen LogP contribution in [0.15, 0.2) is 0 Å². The third kappa shape index (κ3) is 627. The average Bonchev–Trinajstić information content (AvgIpc) is 0. The van der Waals surface area contributed by atoms with Crippen molar-refractivity contribution in [3.05, 3.63) is 0 Å². The Morgan fingerprint density at radius 3 is 0.167 bits per heavy atom. The molecule has 0 bridgehead atoms. The van der Waals surface area contributed by atoms with E-state index < -0.39 is 0 Å². The van der Waals surface area contributed by atoms with Gasteiger partial charge in [-0.25, -0.2) is 0 Å². The van der Waals surface area contributed by atoms with E-state index in [1.165, 1.54) is 0 Å². The van der Waals surface area contributed by atoms with E-state index in [0.717, 1.165) is 0 Å². The van der Waals surface area contributed by atoms with E-state index in [2.05, 4.69) is 0 Å². The van der Waals surface area contributed by atoms with Crippen LogP contribution in [-0.4, -0.2) is 195 Å². The van der Waals surface area contributed by atoms with Crippen molar-refractivity contribution < 1.29 is 90.7 Å². The third-order valence-electron chi connectivity index (χ3n) is 0. The summed E-state index contributed by atoms with van der Waals surface area (Å²) in [4.78, 5) is 0. The van der Waals surface area contributed by atoms with E-state index in [-0.39, 0.29) is 204 Å². The summed E-state index contributed by atoms with van der Waals surface area (Å²) in [7, 11) is 0. The topological polar surface area (TPSA) is 472 Å². The molecule has 0 aromatic heterocycles. The monoisotopic (exact) mass is 396 g/mol. The number of rotatable bonds is 0. The maximum Gasteiger partial charge on any atom is 2.00 e. The molecule has 0 unspecified atom stereocenters. The molecule has 0 radical (unpaired) electrons. The van der Waals surface area contributed by atoms with Gasteiger partial charge in [0.05, 0.1) is 0 Å². The minimum Gasteiger partial charge on any atom is -1.00 e. The molecule has 0 rings (SSSR count). The van der Waals surface area contributed by atoms with Crippen LogP contribution in [0.5, 0.6) is 0 Å². The zero-order chi connectivity index (χ0) is 0. The molecule has 0 heterocycles. The molecule has 0 aromatic carbocycles. The molecule has 0 spiro atoms. The molecule has 0 aromatic rings. The van der Waals surface area contributed by atoms with Gasteiger partial charge in [0.2, 0.25) is 0 Å². The van der Waals surface area contributed by atoms with Crippen molar-refractivity contribution in [1.29, 1.82) is 0 Å². The summed E-state index contributed by atoms with van der Waals surface area (Å²) in [5.41, 5.74) is 0. The van der Waals surface area contributed by atoms with Gasteiger partial charge in [-0.3, -0.25) is 0 Å². The van der Waals surface area contributed by atoms with E-state index in [0.29, 0.717) is 0 Å². The van der Waals surface area contributed by atoms with Crippen LogP contribution >= 0.6 is 0 Å². The van der Waals surface area contributed by atoms with E-state index in [4.69, 9.17) is 0 Å². The minimum atomic E-state index is 0. The molecule has 0 saturated carbocycles. The molecule has 0 saturated heterocycles. The second kappa shape index (κ2) is 734. The Hall–Kier alpha value is 3.18. The van der Waals surface area contributed by atoms with E-state index in [9.17, 15) is 0 Å². The normalized spacial score (nSPS) is 0. The molecular formula is H36Ca3O15. The fourth-order valence-corrected chi connectivity index (χ4v) is 0. The first-order valence-corrected chi connectivity index (χ1v) is 0. The summed E-state index contributed by atoms with van der Waals surface area (Å²) in [5, 5.41) is 0. The summed E-state index contributed by atoms with van der Waals surface area (Å²) in [5.74, 6) is 0. The molecule has 18 heteroatoms. The molecule has 0 atom stereocenters.